The molecule has 6 heteroatoms. The smallest absolute Gasteiger partial charge is 0.227 e. The van der Waals surface area contributed by atoms with Gasteiger partial charge in [-0.15, -0.1) is 0 Å². The Morgan fingerprint density at radius 3 is 2.43 bits per heavy atom. The van der Waals surface area contributed by atoms with E-state index in [1.165, 1.54) is 6.92 Å². The molecule has 0 rings (SSSR count). The number of aliphatic hydroxyl groups is 1. The predicted octanol–water partition coefficient (Wildman–Crippen LogP) is -0.164. The van der Waals surface area contributed by atoms with Crippen molar-refractivity contribution in [1.82, 2.24) is 4.72 Å². The third-order valence-electron chi connectivity index (χ3n) is 1.83. The largest absolute Gasteiger partial charge is 0.396 e. The van der Waals surface area contributed by atoms with Gasteiger partial charge in [-0.2, -0.15) is 5.26 Å². The molecule has 0 saturated heterocycles. The molecule has 0 radical (unpaired) electrons. The second-order valence-electron chi connectivity index (χ2n) is 3.96. The maximum atomic E-state index is 11.3. The van der Waals surface area contributed by atoms with Crippen LogP contribution in [0.2, 0.25) is 0 Å². The van der Waals surface area contributed by atoms with Gasteiger partial charge in [0, 0.05) is 18.6 Å². The van der Waals surface area contributed by atoms with Gasteiger partial charge in [0.2, 0.25) is 10.0 Å². The van der Waals surface area contributed by atoms with Gasteiger partial charge in [0.05, 0.1) is 6.07 Å². The minimum absolute atomic E-state index is 0.115. The van der Waals surface area contributed by atoms with Gasteiger partial charge in [0.1, 0.15) is 0 Å². The van der Waals surface area contributed by atoms with E-state index in [-0.39, 0.29) is 13.2 Å². The Hall–Kier alpha value is -0.640. The van der Waals surface area contributed by atoms with Gasteiger partial charge in [-0.25, -0.2) is 13.1 Å². The number of nitrogens with one attached hydrogen (secondary N) is 1. The Bertz CT molecular complexity index is 316. The van der Waals surface area contributed by atoms with E-state index in [0.29, 0.717) is 0 Å². The quantitative estimate of drug-likeness (QED) is 0.673. The number of aliphatic hydroxyl groups excluding tert-OH is 1. The Morgan fingerprint density at radius 1 is 1.57 bits per heavy atom. The second-order valence-corrected chi connectivity index (χ2v) is 6.05. The van der Waals surface area contributed by atoms with Crippen LogP contribution in [0.1, 0.15) is 20.8 Å². The highest BCUT2D eigenvalue weighted by atomic mass is 32.2. The number of sulfonamides is 1. The topological polar surface area (TPSA) is 90.2 Å². The number of hydrogen-bond acceptors (Lipinski definition) is 4. The lowest BCUT2D eigenvalue weighted by atomic mass is 9.96. The summed E-state index contributed by atoms with van der Waals surface area (Å²) in [5.74, 6) is 0. The number of rotatable bonds is 5. The van der Waals surface area contributed by atoms with E-state index in [9.17, 15) is 8.42 Å². The van der Waals surface area contributed by atoms with E-state index in [1.54, 1.807) is 19.9 Å². The molecule has 0 aliphatic carbocycles. The first-order valence-electron chi connectivity index (χ1n) is 4.24. The van der Waals surface area contributed by atoms with Crippen LogP contribution in [0.3, 0.4) is 0 Å². The Kier molecular flexibility index (Phi) is 4.52. The number of nitriles is 1. The molecule has 0 aliphatic heterocycles. The lowest BCUT2D eigenvalue weighted by Gasteiger charge is -2.22. The van der Waals surface area contributed by atoms with Crippen molar-refractivity contribution >= 4 is 10.0 Å². The third-order valence-corrected chi connectivity index (χ3v) is 3.41. The minimum Gasteiger partial charge on any atom is -0.396 e. The van der Waals surface area contributed by atoms with Crippen LogP contribution >= 0.6 is 0 Å². The highest BCUT2D eigenvalue weighted by Gasteiger charge is 2.24. The predicted molar refractivity (Wildman–Crippen MR) is 52.9 cm³/mol. The third kappa shape index (κ3) is 4.05. The summed E-state index contributed by atoms with van der Waals surface area (Å²) in [5.41, 5.74) is -0.512. The van der Waals surface area contributed by atoms with Crippen molar-refractivity contribution in [1.29, 1.82) is 5.26 Å². The zero-order valence-electron chi connectivity index (χ0n) is 8.61. The lowest BCUT2D eigenvalue weighted by Crippen LogP contribution is -2.39. The molecule has 0 aromatic rings. The van der Waals surface area contributed by atoms with Crippen LogP contribution < -0.4 is 4.72 Å². The second kappa shape index (κ2) is 4.73. The summed E-state index contributed by atoms with van der Waals surface area (Å²) in [4.78, 5) is 0. The van der Waals surface area contributed by atoms with E-state index < -0.39 is 20.7 Å². The molecule has 14 heavy (non-hydrogen) atoms. The molecule has 0 aliphatic rings. The van der Waals surface area contributed by atoms with Gasteiger partial charge in [-0.3, -0.25) is 0 Å². The summed E-state index contributed by atoms with van der Waals surface area (Å²) in [6, 6.07) is 1.65. The average Bonchev–Trinajstić information content (AvgIpc) is 2.14. The van der Waals surface area contributed by atoms with Gasteiger partial charge < -0.3 is 5.11 Å². The molecule has 0 fully saturated rings. The van der Waals surface area contributed by atoms with Gasteiger partial charge >= 0.3 is 0 Å². The molecular weight excluding hydrogens is 204 g/mol. The van der Waals surface area contributed by atoms with Gasteiger partial charge in [-0.05, 0) is 6.92 Å². The maximum absolute atomic E-state index is 11.3. The summed E-state index contributed by atoms with van der Waals surface area (Å²) < 4.78 is 24.9. The van der Waals surface area contributed by atoms with Gasteiger partial charge in [0.25, 0.3) is 0 Å². The van der Waals surface area contributed by atoms with Crippen LogP contribution in [-0.4, -0.2) is 31.9 Å². The summed E-state index contributed by atoms with van der Waals surface area (Å²) in [5, 5.41) is 16.3. The SMILES string of the molecule is CC(C#N)S(=O)(=O)NCC(C)(C)CO. The van der Waals surface area contributed by atoms with E-state index in [2.05, 4.69) is 4.72 Å². The van der Waals surface area contributed by atoms with Crippen LogP contribution in [0.5, 0.6) is 0 Å². The van der Waals surface area contributed by atoms with Crippen molar-refractivity contribution in [2.75, 3.05) is 13.2 Å². The van der Waals surface area contributed by atoms with Crippen molar-refractivity contribution in [3.63, 3.8) is 0 Å². The first kappa shape index (κ1) is 13.4. The molecule has 0 saturated carbocycles. The zero-order valence-corrected chi connectivity index (χ0v) is 9.43. The molecule has 1 unspecified atom stereocenters. The molecule has 5 nitrogen and oxygen atoms in total. The van der Waals surface area contributed by atoms with Crippen molar-refractivity contribution in [3.8, 4) is 6.07 Å². The molecule has 2 N–H and O–H groups in total. The van der Waals surface area contributed by atoms with E-state index in [4.69, 9.17) is 10.4 Å². The fourth-order valence-electron chi connectivity index (χ4n) is 0.546. The van der Waals surface area contributed by atoms with Gasteiger partial charge in [0.15, 0.2) is 5.25 Å². The van der Waals surface area contributed by atoms with Crippen molar-refractivity contribution in [2.45, 2.75) is 26.0 Å². The fourth-order valence-corrected chi connectivity index (χ4v) is 1.53. The standard InChI is InChI=1S/C8H16N2O3S/c1-7(4-9)14(12,13)10-5-8(2,3)6-11/h7,10-11H,5-6H2,1-3H3. The summed E-state index contributed by atoms with van der Waals surface area (Å²) in [6.45, 7) is 4.78. The Labute approximate surface area is 84.8 Å². The molecule has 0 amide bonds. The highest BCUT2D eigenvalue weighted by Crippen LogP contribution is 2.12. The molecule has 82 valence electrons. The lowest BCUT2D eigenvalue weighted by molar-refractivity contribution is 0.163. The van der Waals surface area contributed by atoms with Crippen molar-refractivity contribution < 1.29 is 13.5 Å². The van der Waals surface area contributed by atoms with E-state index in [1.807, 2.05) is 0 Å². The molecule has 1 atom stereocenters. The van der Waals surface area contributed by atoms with Crippen LogP contribution in [0.15, 0.2) is 0 Å². The van der Waals surface area contributed by atoms with Crippen LogP contribution in [0, 0.1) is 16.7 Å². The Morgan fingerprint density at radius 2 is 2.07 bits per heavy atom. The van der Waals surface area contributed by atoms with E-state index >= 15 is 0 Å². The van der Waals surface area contributed by atoms with E-state index in [0.717, 1.165) is 0 Å². The first-order valence-corrected chi connectivity index (χ1v) is 5.79. The molecule has 0 spiro atoms. The van der Waals surface area contributed by atoms with Crippen LogP contribution in [0.4, 0.5) is 0 Å². The molecule has 0 aromatic heterocycles. The summed E-state index contributed by atoms with van der Waals surface area (Å²) in [6.07, 6.45) is 0. The summed E-state index contributed by atoms with van der Waals surface area (Å²) in [7, 11) is -3.58. The monoisotopic (exact) mass is 220 g/mol. The van der Waals surface area contributed by atoms with Crippen molar-refractivity contribution in [3.05, 3.63) is 0 Å². The number of nitrogens with zero attached hydrogens (tertiary/aromatic N) is 1. The van der Waals surface area contributed by atoms with Crippen LogP contribution in [0.25, 0.3) is 0 Å². The minimum atomic E-state index is -3.58. The fraction of sp³-hybridized carbons (Fsp3) is 0.875. The van der Waals surface area contributed by atoms with Crippen molar-refractivity contribution in [2.24, 2.45) is 5.41 Å². The first-order chi connectivity index (χ1) is 6.25. The Balaban J connectivity index is 4.36. The molecule has 0 heterocycles. The van der Waals surface area contributed by atoms with Gasteiger partial charge in [-0.1, -0.05) is 13.8 Å². The highest BCUT2D eigenvalue weighted by molar-refractivity contribution is 7.90. The molecule has 0 bridgehead atoms. The molecular formula is C8H16N2O3S. The zero-order chi connectivity index (χ0) is 11.4. The normalized spacial score (nSPS) is 14.8. The van der Waals surface area contributed by atoms with Crippen LogP contribution in [-0.2, 0) is 10.0 Å². The average molecular weight is 220 g/mol. The summed E-state index contributed by atoms with van der Waals surface area (Å²) >= 11 is 0. The maximum Gasteiger partial charge on any atom is 0.227 e. The molecule has 0 aromatic carbocycles. The number of hydrogen-bond donors (Lipinski definition) is 2.